The minimum Gasteiger partial charge on any atom is -0.396 e. The number of amides is 1. The summed E-state index contributed by atoms with van der Waals surface area (Å²) in [6, 6.07) is 2.77. The summed E-state index contributed by atoms with van der Waals surface area (Å²) in [5, 5.41) is 11.0. The number of hydrogen-bond donors (Lipinski definition) is 2. The molecule has 0 aliphatic carbocycles. The molecular formula is C12H15F2NO2. The molecule has 0 aliphatic rings. The predicted octanol–water partition coefficient (Wildman–Crippen LogP) is 1.86. The maximum absolute atomic E-state index is 13.2. The molecule has 0 bridgehead atoms. The van der Waals surface area contributed by atoms with E-state index in [1.807, 2.05) is 0 Å². The van der Waals surface area contributed by atoms with Crippen LogP contribution in [0.25, 0.3) is 0 Å². The van der Waals surface area contributed by atoms with Crippen molar-refractivity contribution in [3.05, 3.63) is 35.4 Å². The van der Waals surface area contributed by atoms with Gasteiger partial charge in [0.05, 0.1) is 5.56 Å². The zero-order valence-electron chi connectivity index (χ0n) is 9.38. The monoisotopic (exact) mass is 243 g/mol. The average molecular weight is 243 g/mol. The number of halogens is 2. The number of unbranched alkanes of at least 4 members (excludes halogenated alkanes) is 2. The van der Waals surface area contributed by atoms with Crippen molar-refractivity contribution < 1.29 is 18.7 Å². The SMILES string of the molecule is O=C(NCCCCCO)c1cc(F)ccc1F. The summed E-state index contributed by atoms with van der Waals surface area (Å²) >= 11 is 0. The van der Waals surface area contributed by atoms with E-state index in [9.17, 15) is 13.6 Å². The fourth-order valence-corrected chi connectivity index (χ4v) is 1.38. The number of rotatable bonds is 6. The third-order valence-corrected chi connectivity index (χ3v) is 2.29. The summed E-state index contributed by atoms with van der Waals surface area (Å²) in [4.78, 5) is 11.5. The molecule has 0 aromatic heterocycles. The molecule has 0 fully saturated rings. The first-order valence-corrected chi connectivity index (χ1v) is 5.49. The van der Waals surface area contributed by atoms with Crippen LogP contribution in [0.1, 0.15) is 29.6 Å². The lowest BCUT2D eigenvalue weighted by Crippen LogP contribution is -2.25. The Labute approximate surface area is 98.5 Å². The number of carbonyl (C=O) groups is 1. The highest BCUT2D eigenvalue weighted by atomic mass is 19.1. The normalized spacial score (nSPS) is 10.3. The van der Waals surface area contributed by atoms with E-state index in [-0.39, 0.29) is 12.2 Å². The van der Waals surface area contributed by atoms with Crippen LogP contribution in [0, 0.1) is 11.6 Å². The zero-order valence-corrected chi connectivity index (χ0v) is 9.38. The minimum absolute atomic E-state index is 0.118. The molecule has 2 N–H and O–H groups in total. The first kappa shape index (κ1) is 13.6. The van der Waals surface area contributed by atoms with Gasteiger partial charge in [-0.15, -0.1) is 0 Å². The summed E-state index contributed by atoms with van der Waals surface area (Å²) < 4.78 is 26.0. The Morgan fingerprint density at radius 2 is 2.00 bits per heavy atom. The lowest BCUT2D eigenvalue weighted by Gasteiger charge is -2.05. The van der Waals surface area contributed by atoms with Gasteiger partial charge < -0.3 is 10.4 Å². The molecule has 0 saturated carbocycles. The fourth-order valence-electron chi connectivity index (χ4n) is 1.38. The summed E-state index contributed by atoms with van der Waals surface area (Å²) in [6.45, 7) is 0.501. The second-order valence-corrected chi connectivity index (χ2v) is 3.66. The van der Waals surface area contributed by atoms with E-state index in [0.717, 1.165) is 24.6 Å². The van der Waals surface area contributed by atoms with Crippen LogP contribution in [0.2, 0.25) is 0 Å². The van der Waals surface area contributed by atoms with Crippen LogP contribution in [-0.2, 0) is 0 Å². The van der Waals surface area contributed by atoms with Crippen LogP contribution in [0.3, 0.4) is 0 Å². The molecule has 0 heterocycles. The van der Waals surface area contributed by atoms with E-state index >= 15 is 0 Å². The standard InChI is InChI=1S/C12H15F2NO2/c13-9-4-5-11(14)10(8-9)12(17)15-6-2-1-3-7-16/h4-5,8,16H,1-3,6-7H2,(H,15,17). The van der Waals surface area contributed by atoms with Gasteiger partial charge in [0, 0.05) is 13.2 Å². The molecule has 3 nitrogen and oxygen atoms in total. The van der Waals surface area contributed by atoms with Crippen LogP contribution >= 0.6 is 0 Å². The Kier molecular flexibility index (Phi) is 5.56. The van der Waals surface area contributed by atoms with Crippen molar-refractivity contribution >= 4 is 5.91 Å². The van der Waals surface area contributed by atoms with Gasteiger partial charge in [0.2, 0.25) is 0 Å². The van der Waals surface area contributed by atoms with Crippen molar-refractivity contribution in [2.24, 2.45) is 0 Å². The van der Waals surface area contributed by atoms with E-state index in [2.05, 4.69) is 5.32 Å². The number of aliphatic hydroxyl groups excluding tert-OH is 1. The van der Waals surface area contributed by atoms with E-state index in [1.54, 1.807) is 0 Å². The van der Waals surface area contributed by atoms with Gasteiger partial charge in [0.25, 0.3) is 5.91 Å². The first-order chi connectivity index (χ1) is 8.15. The summed E-state index contributed by atoms with van der Waals surface area (Å²) in [6.07, 6.45) is 2.15. The van der Waals surface area contributed by atoms with Crippen molar-refractivity contribution in [3.8, 4) is 0 Å². The summed E-state index contributed by atoms with van der Waals surface area (Å²) in [7, 11) is 0. The second kappa shape index (κ2) is 6.96. The van der Waals surface area contributed by atoms with E-state index in [1.165, 1.54) is 0 Å². The van der Waals surface area contributed by atoms with Crippen LogP contribution in [-0.4, -0.2) is 24.2 Å². The van der Waals surface area contributed by atoms with Gasteiger partial charge in [-0.3, -0.25) is 4.79 Å². The maximum atomic E-state index is 13.2. The molecule has 0 unspecified atom stereocenters. The number of hydrogen-bond acceptors (Lipinski definition) is 2. The molecule has 0 aliphatic heterocycles. The molecule has 0 spiro atoms. The molecule has 1 aromatic carbocycles. The molecule has 0 radical (unpaired) electrons. The van der Waals surface area contributed by atoms with Crippen LogP contribution in [0.4, 0.5) is 8.78 Å². The maximum Gasteiger partial charge on any atom is 0.254 e. The van der Waals surface area contributed by atoms with Gasteiger partial charge in [0.15, 0.2) is 0 Å². The molecule has 94 valence electrons. The van der Waals surface area contributed by atoms with Gasteiger partial charge in [-0.05, 0) is 37.5 Å². The smallest absolute Gasteiger partial charge is 0.254 e. The molecule has 1 aromatic rings. The molecule has 5 heteroatoms. The van der Waals surface area contributed by atoms with E-state index < -0.39 is 17.5 Å². The second-order valence-electron chi connectivity index (χ2n) is 3.66. The number of aliphatic hydroxyl groups is 1. The molecule has 1 amide bonds. The van der Waals surface area contributed by atoms with Gasteiger partial charge in [0.1, 0.15) is 11.6 Å². The summed E-state index contributed by atoms with van der Waals surface area (Å²) in [5.74, 6) is -2.00. The van der Waals surface area contributed by atoms with Gasteiger partial charge in [-0.25, -0.2) is 8.78 Å². The third-order valence-electron chi connectivity index (χ3n) is 2.29. The lowest BCUT2D eigenvalue weighted by atomic mass is 10.2. The quantitative estimate of drug-likeness (QED) is 0.749. The zero-order chi connectivity index (χ0) is 12.7. The molecule has 1 rings (SSSR count). The Hall–Kier alpha value is -1.49. The van der Waals surface area contributed by atoms with Gasteiger partial charge in [-0.2, -0.15) is 0 Å². The Morgan fingerprint density at radius 1 is 1.24 bits per heavy atom. The van der Waals surface area contributed by atoms with Crippen LogP contribution in [0.5, 0.6) is 0 Å². The van der Waals surface area contributed by atoms with Crippen LogP contribution < -0.4 is 5.32 Å². The largest absolute Gasteiger partial charge is 0.396 e. The highest BCUT2D eigenvalue weighted by Gasteiger charge is 2.11. The molecule has 17 heavy (non-hydrogen) atoms. The van der Waals surface area contributed by atoms with E-state index in [0.29, 0.717) is 19.4 Å². The highest BCUT2D eigenvalue weighted by molar-refractivity contribution is 5.94. The number of nitrogens with one attached hydrogen (secondary N) is 1. The fraction of sp³-hybridized carbons (Fsp3) is 0.417. The van der Waals surface area contributed by atoms with Gasteiger partial charge >= 0.3 is 0 Å². The first-order valence-electron chi connectivity index (χ1n) is 5.49. The van der Waals surface area contributed by atoms with E-state index in [4.69, 9.17) is 5.11 Å². The van der Waals surface area contributed by atoms with Crippen molar-refractivity contribution in [1.29, 1.82) is 0 Å². The van der Waals surface area contributed by atoms with Crippen molar-refractivity contribution in [2.75, 3.05) is 13.2 Å². The topological polar surface area (TPSA) is 49.3 Å². The summed E-state index contributed by atoms with van der Waals surface area (Å²) in [5.41, 5.74) is -0.285. The molecule has 0 saturated heterocycles. The van der Waals surface area contributed by atoms with Crippen molar-refractivity contribution in [1.82, 2.24) is 5.32 Å². The van der Waals surface area contributed by atoms with Gasteiger partial charge in [-0.1, -0.05) is 0 Å². The predicted molar refractivity (Wildman–Crippen MR) is 59.6 cm³/mol. The average Bonchev–Trinajstić information content (AvgIpc) is 2.32. The van der Waals surface area contributed by atoms with Crippen LogP contribution in [0.15, 0.2) is 18.2 Å². The Bertz CT molecular complexity index is 383. The third kappa shape index (κ3) is 4.48. The number of benzene rings is 1. The Balaban J connectivity index is 2.44. The molecular weight excluding hydrogens is 228 g/mol. The minimum atomic E-state index is -0.737. The number of carbonyl (C=O) groups excluding carboxylic acids is 1. The molecule has 0 atom stereocenters. The highest BCUT2D eigenvalue weighted by Crippen LogP contribution is 2.09. The van der Waals surface area contributed by atoms with Crippen molar-refractivity contribution in [3.63, 3.8) is 0 Å². The lowest BCUT2D eigenvalue weighted by molar-refractivity contribution is 0.0948. The van der Waals surface area contributed by atoms with Crippen molar-refractivity contribution in [2.45, 2.75) is 19.3 Å². The Morgan fingerprint density at radius 3 is 2.71 bits per heavy atom.